The van der Waals surface area contributed by atoms with Gasteiger partial charge in [0.05, 0.1) is 17.3 Å². The molecule has 2 aromatic carbocycles. The summed E-state index contributed by atoms with van der Waals surface area (Å²) in [7, 11) is 0. The molecule has 6 heteroatoms. The minimum Gasteiger partial charge on any atom is -0.426 e. The third-order valence-electron chi connectivity index (χ3n) is 2.87. The fourth-order valence-electron chi connectivity index (χ4n) is 1.60. The summed E-state index contributed by atoms with van der Waals surface area (Å²) in [5.74, 6) is 0.641. The maximum Gasteiger partial charge on any atom is 0.315 e. The number of hydrogen-bond donors (Lipinski definition) is 2. The van der Waals surface area contributed by atoms with Gasteiger partial charge in [-0.15, -0.1) is 0 Å². The topological polar surface area (TPSA) is 51.0 Å². The minimum atomic E-state index is -0.330. The second kappa shape index (κ2) is 8.60. The van der Waals surface area contributed by atoms with Crippen LogP contribution in [0.1, 0.15) is 0 Å². The fraction of sp³-hybridized carbons (Fsp3) is 0.188. The highest BCUT2D eigenvalue weighted by Gasteiger charge is 2.17. The molecule has 0 atom stereocenters. The number of azo groups is 1. The molecule has 0 aromatic heterocycles. The highest BCUT2D eigenvalue weighted by Crippen LogP contribution is 2.21. The summed E-state index contributed by atoms with van der Waals surface area (Å²) in [6, 6.07) is 16.3. The van der Waals surface area contributed by atoms with E-state index in [1.807, 2.05) is 30.3 Å². The van der Waals surface area contributed by atoms with Crippen molar-refractivity contribution in [3.05, 3.63) is 54.6 Å². The number of carbonyl (C=O) groups excluding carboxylic acids is 1. The highest BCUT2D eigenvalue weighted by molar-refractivity contribution is 7.81. The molecule has 0 aliphatic heterocycles. The maximum atomic E-state index is 11.8. The van der Waals surface area contributed by atoms with Crippen molar-refractivity contribution >= 4 is 42.6 Å². The van der Waals surface area contributed by atoms with E-state index in [2.05, 4.69) is 35.5 Å². The number of thiol groups is 2. The Hall–Kier alpha value is -1.79. The molecule has 0 fully saturated rings. The van der Waals surface area contributed by atoms with Gasteiger partial charge in [-0.05, 0) is 36.4 Å². The number of rotatable bonds is 6. The van der Waals surface area contributed by atoms with Crippen molar-refractivity contribution in [2.75, 3.05) is 11.5 Å². The van der Waals surface area contributed by atoms with Crippen molar-refractivity contribution in [3.8, 4) is 5.75 Å². The Morgan fingerprint density at radius 1 is 0.909 bits per heavy atom. The van der Waals surface area contributed by atoms with Crippen molar-refractivity contribution in [1.29, 1.82) is 0 Å². The van der Waals surface area contributed by atoms with Gasteiger partial charge in [-0.25, -0.2) is 0 Å². The van der Waals surface area contributed by atoms with Crippen LogP contribution in [0.15, 0.2) is 64.8 Å². The number of benzene rings is 2. The normalized spacial score (nSPS) is 11.0. The van der Waals surface area contributed by atoms with Crippen molar-refractivity contribution in [2.45, 2.75) is 0 Å². The van der Waals surface area contributed by atoms with Crippen LogP contribution in [0, 0.1) is 5.92 Å². The van der Waals surface area contributed by atoms with E-state index in [0.717, 1.165) is 5.69 Å². The summed E-state index contributed by atoms with van der Waals surface area (Å²) < 4.78 is 5.27. The average Bonchev–Trinajstić information content (AvgIpc) is 2.56. The Balaban J connectivity index is 1.98. The Labute approximate surface area is 140 Å². The van der Waals surface area contributed by atoms with Gasteiger partial charge in [-0.1, -0.05) is 18.2 Å². The molecule has 0 amide bonds. The monoisotopic (exact) mass is 332 g/mol. The molecular formula is C16H16N2O2S2. The molecule has 0 bridgehead atoms. The predicted octanol–water partition coefficient (Wildman–Crippen LogP) is 4.48. The standard InChI is InChI=1S/C16H16N2O2S2/c19-16(12(10-21)11-22)20-15-8-6-14(7-9-15)18-17-13-4-2-1-3-5-13/h1-9,12,21-22H,10-11H2. The Kier molecular flexibility index (Phi) is 6.48. The molecule has 0 saturated carbocycles. The van der Waals surface area contributed by atoms with Crippen molar-refractivity contribution < 1.29 is 9.53 Å². The van der Waals surface area contributed by atoms with Crippen LogP contribution >= 0.6 is 25.3 Å². The molecule has 0 spiro atoms. The molecule has 0 radical (unpaired) electrons. The molecule has 2 rings (SSSR count). The van der Waals surface area contributed by atoms with E-state index in [1.54, 1.807) is 24.3 Å². The fourth-order valence-corrected chi connectivity index (χ4v) is 2.36. The van der Waals surface area contributed by atoms with Crippen LogP contribution in [0.4, 0.5) is 11.4 Å². The second-order valence-electron chi connectivity index (χ2n) is 4.51. The molecular weight excluding hydrogens is 316 g/mol. The lowest BCUT2D eigenvalue weighted by Gasteiger charge is -2.10. The van der Waals surface area contributed by atoms with E-state index in [0.29, 0.717) is 22.9 Å². The maximum absolute atomic E-state index is 11.8. The van der Waals surface area contributed by atoms with Crippen LogP contribution in [0.2, 0.25) is 0 Å². The molecule has 0 aliphatic carbocycles. The first-order valence-corrected chi connectivity index (χ1v) is 7.99. The smallest absolute Gasteiger partial charge is 0.315 e. The molecule has 2 aromatic rings. The van der Waals surface area contributed by atoms with Gasteiger partial charge in [0.2, 0.25) is 0 Å². The Morgan fingerprint density at radius 3 is 2.00 bits per heavy atom. The number of nitrogens with zero attached hydrogens (tertiary/aromatic N) is 2. The van der Waals surface area contributed by atoms with Gasteiger partial charge in [-0.3, -0.25) is 4.79 Å². The molecule has 0 N–H and O–H groups in total. The van der Waals surface area contributed by atoms with Crippen LogP contribution in [0.5, 0.6) is 5.75 Å². The zero-order chi connectivity index (χ0) is 15.8. The summed E-state index contributed by atoms with van der Waals surface area (Å²) in [5, 5.41) is 8.24. The van der Waals surface area contributed by atoms with E-state index in [9.17, 15) is 4.79 Å². The number of hydrogen-bond acceptors (Lipinski definition) is 6. The number of carbonyl (C=O) groups is 1. The van der Waals surface area contributed by atoms with Crippen LogP contribution in [0.25, 0.3) is 0 Å². The van der Waals surface area contributed by atoms with Crippen LogP contribution in [0.3, 0.4) is 0 Å². The lowest BCUT2D eigenvalue weighted by molar-refractivity contribution is -0.137. The lowest BCUT2D eigenvalue weighted by Crippen LogP contribution is -2.23. The molecule has 0 unspecified atom stereocenters. The van der Waals surface area contributed by atoms with E-state index < -0.39 is 0 Å². The van der Waals surface area contributed by atoms with Gasteiger partial charge in [0.15, 0.2) is 0 Å². The van der Waals surface area contributed by atoms with Crippen molar-refractivity contribution in [1.82, 2.24) is 0 Å². The molecule has 0 aliphatic rings. The Morgan fingerprint density at radius 2 is 1.45 bits per heavy atom. The van der Waals surface area contributed by atoms with Crippen molar-refractivity contribution in [2.24, 2.45) is 16.1 Å². The SMILES string of the molecule is O=C(Oc1ccc(N=Nc2ccccc2)cc1)C(CS)CS. The van der Waals surface area contributed by atoms with Crippen LogP contribution in [-0.2, 0) is 4.79 Å². The quantitative estimate of drug-likeness (QED) is 0.354. The first-order chi connectivity index (χ1) is 10.7. The van der Waals surface area contributed by atoms with Crippen LogP contribution in [-0.4, -0.2) is 17.5 Å². The Bertz CT molecular complexity index is 626. The molecule has 0 saturated heterocycles. The summed E-state index contributed by atoms with van der Waals surface area (Å²) in [6.07, 6.45) is 0. The molecule has 114 valence electrons. The first kappa shape index (κ1) is 16.6. The summed E-state index contributed by atoms with van der Waals surface area (Å²) >= 11 is 8.21. The first-order valence-electron chi connectivity index (χ1n) is 6.73. The minimum absolute atomic E-state index is 0.316. The second-order valence-corrected chi connectivity index (χ2v) is 5.24. The highest BCUT2D eigenvalue weighted by atomic mass is 32.1. The molecule has 22 heavy (non-hydrogen) atoms. The van der Waals surface area contributed by atoms with E-state index in [1.165, 1.54) is 0 Å². The van der Waals surface area contributed by atoms with Gasteiger partial charge in [0.1, 0.15) is 5.75 Å². The number of ether oxygens (including phenoxy) is 1. The lowest BCUT2D eigenvalue weighted by atomic mass is 10.2. The number of esters is 1. The summed E-state index contributed by atoms with van der Waals surface area (Å²) in [6.45, 7) is 0. The third kappa shape index (κ3) is 4.89. The zero-order valence-electron chi connectivity index (χ0n) is 11.8. The summed E-state index contributed by atoms with van der Waals surface area (Å²) in [5.41, 5.74) is 1.46. The summed E-state index contributed by atoms with van der Waals surface area (Å²) in [4.78, 5) is 11.8. The zero-order valence-corrected chi connectivity index (χ0v) is 13.6. The average molecular weight is 332 g/mol. The van der Waals surface area contributed by atoms with E-state index in [4.69, 9.17) is 4.74 Å². The van der Waals surface area contributed by atoms with Crippen molar-refractivity contribution in [3.63, 3.8) is 0 Å². The van der Waals surface area contributed by atoms with Gasteiger partial charge in [-0.2, -0.15) is 35.5 Å². The molecule has 0 heterocycles. The molecule has 4 nitrogen and oxygen atoms in total. The van der Waals surface area contributed by atoms with E-state index in [-0.39, 0.29) is 11.9 Å². The predicted molar refractivity (Wildman–Crippen MR) is 93.9 cm³/mol. The van der Waals surface area contributed by atoms with Gasteiger partial charge >= 0.3 is 5.97 Å². The van der Waals surface area contributed by atoms with Gasteiger partial charge < -0.3 is 4.74 Å². The van der Waals surface area contributed by atoms with Gasteiger partial charge in [0.25, 0.3) is 0 Å². The van der Waals surface area contributed by atoms with Crippen LogP contribution < -0.4 is 4.74 Å². The van der Waals surface area contributed by atoms with Gasteiger partial charge in [0, 0.05) is 11.5 Å². The third-order valence-corrected chi connectivity index (χ3v) is 3.75. The largest absolute Gasteiger partial charge is 0.426 e. The van der Waals surface area contributed by atoms with E-state index >= 15 is 0 Å².